The molecule has 5 heteroatoms. The van der Waals surface area contributed by atoms with Gasteiger partial charge in [0.1, 0.15) is 11.9 Å². The van der Waals surface area contributed by atoms with Gasteiger partial charge >= 0.3 is 0 Å². The van der Waals surface area contributed by atoms with Gasteiger partial charge in [-0.2, -0.15) is 0 Å². The van der Waals surface area contributed by atoms with E-state index < -0.39 is 11.5 Å². The van der Waals surface area contributed by atoms with Gasteiger partial charge in [0.15, 0.2) is 0 Å². The van der Waals surface area contributed by atoms with Crippen LogP contribution in [0, 0.1) is 11.3 Å². The molecule has 0 saturated heterocycles. The van der Waals surface area contributed by atoms with Crippen LogP contribution < -0.4 is 5.73 Å². The smallest absolute Gasteiger partial charge is 0.209 e. The molecule has 0 bridgehead atoms. The number of hydrogen-bond acceptors (Lipinski definition) is 4. The monoisotopic (exact) mass is 360 g/mol. The second kappa shape index (κ2) is 9.62. The molecule has 2 unspecified atom stereocenters. The number of carbonyl (C=O) groups excluding carboxylic acids is 2. The lowest BCUT2D eigenvalue weighted by Crippen LogP contribution is -2.41. The van der Waals surface area contributed by atoms with E-state index in [1.807, 2.05) is 45.0 Å². The number of carbonyl (C=O) groups is 2. The SMILES string of the molecule is CCC(C)C(=O)C(=O)C(CC)(CC)c1ccc(CCC(O)C(=N)N)cc1. The number of ketones is 2. The Morgan fingerprint density at radius 2 is 1.69 bits per heavy atom. The molecular formula is C21H32N2O3. The van der Waals surface area contributed by atoms with Gasteiger partial charge in [0.25, 0.3) is 0 Å². The van der Waals surface area contributed by atoms with E-state index in [2.05, 4.69) is 0 Å². The number of hydrogen-bond donors (Lipinski definition) is 3. The molecule has 0 saturated carbocycles. The van der Waals surface area contributed by atoms with E-state index in [1.165, 1.54) is 0 Å². The van der Waals surface area contributed by atoms with E-state index in [1.54, 1.807) is 6.92 Å². The molecule has 2 atom stereocenters. The third-order valence-corrected chi connectivity index (χ3v) is 5.50. The molecule has 0 aliphatic rings. The second-order valence-electron chi connectivity index (χ2n) is 7.00. The van der Waals surface area contributed by atoms with Gasteiger partial charge < -0.3 is 10.8 Å². The van der Waals surface area contributed by atoms with Crippen molar-refractivity contribution < 1.29 is 14.7 Å². The van der Waals surface area contributed by atoms with Gasteiger partial charge in [-0.3, -0.25) is 15.0 Å². The summed E-state index contributed by atoms with van der Waals surface area (Å²) < 4.78 is 0. The summed E-state index contributed by atoms with van der Waals surface area (Å²) >= 11 is 0. The number of amidine groups is 1. The van der Waals surface area contributed by atoms with E-state index in [9.17, 15) is 14.7 Å². The molecule has 0 aliphatic carbocycles. The van der Waals surface area contributed by atoms with Crippen LogP contribution in [0.25, 0.3) is 0 Å². The number of aryl methyl sites for hydroxylation is 1. The van der Waals surface area contributed by atoms with Gasteiger partial charge in [0.2, 0.25) is 11.6 Å². The number of nitrogens with one attached hydrogen (secondary N) is 1. The van der Waals surface area contributed by atoms with Crippen molar-refractivity contribution in [3.05, 3.63) is 35.4 Å². The summed E-state index contributed by atoms with van der Waals surface area (Å²) in [4.78, 5) is 25.5. The Kier molecular flexibility index (Phi) is 8.15. The summed E-state index contributed by atoms with van der Waals surface area (Å²) in [7, 11) is 0. The average Bonchev–Trinajstić information content (AvgIpc) is 2.66. The first-order chi connectivity index (χ1) is 12.2. The summed E-state index contributed by atoms with van der Waals surface area (Å²) in [5.41, 5.74) is 6.36. The Morgan fingerprint density at radius 3 is 2.12 bits per heavy atom. The fourth-order valence-corrected chi connectivity index (χ4v) is 3.20. The third-order valence-electron chi connectivity index (χ3n) is 5.50. The highest BCUT2D eigenvalue weighted by molar-refractivity contribution is 6.41. The molecule has 26 heavy (non-hydrogen) atoms. The van der Waals surface area contributed by atoms with Crippen LogP contribution in [0.2, 0.25) is 0 Å². The molecule has 0 spiro atoms. The van der Waals surface area contributed by atoms with E-state index >= 15 is 0 Å². The minimum absolute atomic E-state index is 0.230. The molecule has 0 amide bonds. The first-order valence-electron chi connectivity index (χ1n) is 9.43. The molecule has 1 rings (SSSR count). The zero-order chi connectivity index (χ0) is 19.9. The topological polar surface area (TPSA) is 104 Å². The molecule has 4 N–H and O–H groups in total. The van der Waals surface area contributed by atoms with Crippen molar-refractivity contribution in [3.8, 4) is 0 Å². The van der Waals surface area contributed by atoms with Crippen LogP contribution in [0.4, 0.5) is 0 Å². The highest BCUT2D eigenvalue weighted by Crippen LogP contribution is 2.34. The maximum absolute atomic E-state index is 13.0. The van der Waals surface area contributed by atoms with Crippen molar-refractivity contribution >= 4 is 17.4 Å². The Labute approximate surface area is 156 Å². The Hall–Kier alpha value is -2.01. The lowest BCUT2D eigenvalue weighted by Gasteiger charge is -2.31. The van der Waals surface area contributed by atoms with Crippen molar-refractivity contribution in [1.29, 1.82) is 5.41 Å². The molecule has 1 aromatic carbocycles. The lowest BCUT2D eigenvalue weighted by atomic mass is 9.69. The van der Waals surface area contributed by atoms with Gasteiger partial charge in [-0.15, -0.1) is 0 Å². The summed E-state index contributed by atoms with van der Waals surface area (Å²) in [5.74, 6) is -1.07. The summed E-state index contributed by atoms with van der Waals surface area (Å²) in [5, 5.41) is 16.9. The van der Waals surface area contributed by atoms with Crippen molar-refractivity contribution in [3.63, 3.8) is 0 Å². The van der Waals surface area contributed by atoms with Crippen molar-refractivity contribution in [2.24, 2.45) is 11.7 Å². The lowest BCUT2D eigenvalue weighted by molar-refractivity contribution is -0.142. The van der Waals surface area contributed by atoms with E-state index in [0.29, 0.717) is 32.1 Å². The Balaban J connectivity index is 3.05. The summed E-state index contributed by atoms with van der Waals surface area (Å²) in [6.45, 7) is 7.62. The number of benzene rings is 1. The van der Waals surface area contributed by atoms with Crippen LogP contribution in [0.3, 0.4) is 0 Å². The Bertz CT molecular complexity index is 633. The first-order valence-corrected chi connectivity index (χ1v) is 9.43. The predicted molar refractivity (Wildman–Crippen MR) is 104 cm³/mol. The molecule has 0 radical (unpaired) electrons. The van der Waals surface area contributed by atoms with Gasteiger partial charge in [-0.1, -0.05) is 52.0 Å². The van der Waals surface area contributed by atoms with Gasteiger partial charge in [0.05, 0.1) is 5.41 Å². The molecule has 5 nitrogen and oxygen atoms in total. The number of rotatable bonds is 11. The van der Waals surface area contributed by atoms with E-state index in [4.69, 9.17) is 11.1 Å². The van der Waals surface area contributed by atoms with Gasteiger partial charge in [-0.25, -0.2) is 0 Å². The van der Waals surface area contributed by atoms with Crippen LogP contribution in [0.15, 0.2) is 24.3 Å². The van der Waals surface area contributed by atoms with E-state index in [-0.39, 0.29) is 23.3 Å². The number of aliphatic hydroxyl groups excluding tert-OH is 1. The fourth-order valence-electron chi connectivity index (χ4n) is 3.20. The second-order valence-corrected chi connectivity index (χ2v) is 7.00. The summed E-state index contributed by atoms with van der Waals surface area (Å²) in [6, 6.07) is 7.65. The molecule has 0 heterocycles. The quantitative estimate of drug-likeness (QED) is 0.320. The van der Waals surface area contributed by atoms with Crippen molar-refractivity contribution in [1.82, 2.24) is 0 Å². The first kappa shape index (κ1) is 22.0. The third kappa shape index (κ3) is 4.79. The highest BCUT2D eigenvalue weighted by Gasteiger charge is 2.41. The zero-order valence-electron chi connectivity index (χ0n) is 16.3. The van der Waals surface area contributed by atoms with Crippen LogP contribution in [-0.2, 0) is 21.4 Å². The standard InChI is InChI=1S/C21H32N2O3/c1-5-14(4)18(25)19(26)21(6-2,7-3)16-11-8-15(9-12-16)10-13-17(24)20(22)23/h8-9,11-12,14,17,24H,5-7,10,13H2,1-4H3,(H3,22,23). The fraction of sp³-hybridized carbons (Fsp3) is 0.571. The number of Topliss-reactive ketones (excluding diaryl/α,β-unsaturated/α-hetero) is 2. The molecule has 1 aromatic rings. The van der Waals surface area contributed by atoms with Gasteiger partial charge in [0, 0.05) is 5.92 Å². The van der Waals surface area contributed by atoms with Crippen LogP contribution in [-0.4, -0.2) is 28.6 Å². The molecule has 144 valence electrons. The van der Waals surface area contributed by atoms with E-state index in [0.717, 1.165) is 11.1 Å². The normalized spacial score (nSPS) is 13.9. The average molecular weight is 360 g/mol. The molecule has 0 aliphatic heterocycles. The predicted octanol–water partition coefficient (Wildman–Crippen LogP) is 3.16. The van der Waals surface area contributed by atoms with Crippen LogP contribution >= 0.6 is 0 Å². The molecular weight excluding hydrogens is 328 g/mol. The minimum atomic E-state index is -0.935. The zero-order valence-corrected chi connectivity index (χ0v) is 16.3. The maximum atomic E-state index is 13.0. The van der Waals surface area contributed by atoms with Crippen LogP contribution in [0.5, 0.6) is 0 Å². The van der Waals surface area contributed by atoms with Gasteiger partial charge in [-0.05, 0) is 43.2 Å². The number of aliphatic hydroxyl groups is 1. The van der Waals surface area contributed by atoms with Crippen molar-refractivity contribution in [2.75, 3.05) is 0 Å². The number of nitrogens with two attached hydrogens (primary N) is 1. The Morgan fingerprint density at radius 1 is 1.15 bits per heavy atom. The molecule has 0 fully saturated rings. The highest BCUT2D eigenvalue weighted by atomic mass is 16.3. The largest absolute Gasteiger partial charge is 0.385 e. The maximum Gasteiger partial charge on any atom is 0.209 e. The summed E-state index contributed by atoms with van der Waals surface area (Å²) in [6.07, 6.45) is 1.85. The van der Waals surface area contributed by atoms with Crippen molar-refractivity contribution in [2.45, 2.75) is 71.3 Å². The molecule has 0 aromatic heterocycles. The van der Waals surface area contributed by atoms with Crippen LogP contribution in [0.1, 0.15) is 64.5 Å². The minimum Gasteiger partial charge on any atom is -0.385 e.